The number of halogens is 1. The number of hydrogen-bond acceptors (Lipinski definition) is 5. The smallest absolute Gasteiger partial charge is 0.258 e. The number of benzene rings is 1. The van der Waals surface area contributed by atoms with E-state index >= 15 is 0 Å². The highest BCUT2D eigenvalue weighted by Crippen LogP contribution is 2.30. The quantitative estimate of drug-likeness (QED) is 0.382. The zero-order valence-electron chi connectivity index (χ0n) is 19.6. The number of aromatic nitrogens is 3. The Hall–Kier alpha value is -3.62. The lowest BCUT2D eigenvalue weighted by atomic mass is 10.0. The van der Waals surface area contributed by atoms with Gasteiger partial charge < -0.3 is 15.4 Å². The summed E-state index contributed by atoms with van der Waals surface area (Å²) in [7, 11) is 0. The lowest BCUT2D eigenvalue weighted by Gasteiger charge is -2.29. The number of H-pyrrole nitrogens is 1. The maximum atomic E-state index is 14.1. The monoisotopic (exact) mass is 473 g/mol. The van der Waals surface area contributed by atoms with E-state index in [0.29, 0.717) is 12.0 Å². The number of nitrogens with one attached hydrogen (secondary N) is 2. The molecule has 0 aliphatic carbocycles. The molecular formula is C27H28FN5O2. The zero-order chi connectivity index (χ0) is 24.4. The summed E-state index contributed by atoms with van der Waals surface area (Å²) in [6, 6.07) is 9.30. The fraction of sp³-hybridized carbons (Fsp3) is 0.296. The van der Waals surface area contributed by atoms with Gasteiger partial charge in [0, 0.05) is 60.4 Å². The molecule has 35 heavy (non-hydrogen) atoms. The van der Waals surface area contributed by atoms with Crippen LogP contribution in [0.15, 0.2) is 55.1 Å². The second kappa shape index (κ2) is 9.93. The number of aliphatic hydroxyl groups excluding tert-OH is 1. The van der Waals surface area contributed by atoms with Gasteiger partial charge in [0.25, 0.3) is 5.91 Å². The molecule has 0 spiro atoms. The van der Waals surface area contributed by atoms with E-state index < -0.39 is 5.82 Å². The Morgan fingerprint density at radius 2 is 1.97 bits per heavy atom. The normalized spacial score (nSPS) is 14.9. The molecule has 0 atom stereocenters. The summed E-state index contributed by atoms with van der Waals surface area (Å²) in [6.45, 7) is 4.50. The van der Waals surface area contributed by atoms with Crippen LogP contribution in [0.25, 0.3) is 22.0 Å². The van der Waals surface area contributed by atoms with Gasteiger partial charge in [0.05, 0.1) is 23.6 Å². The predicted molar refractivity (Wildman–Crippen MR) is 134 cm³/mol. The molecule has 8 heteroatoms. The summed E-state index contributed by atoms with van der Waals surface area (Å²) in [5.41, 5.74) is 5.20. The number of aliphatic hydroxyl groups is 1. The van der Waals surface area contributed by atoms with E-state index in [4.69, 9.17) is 0 Å². The number of carbonyl (C=O) groups is 1. The first kappa shape index (κ1) is 23.1. The number of carbonyl (C=O) groups excluding carboxylic acids is 1. The van der Waals surface area contributed by atoms with Crippen LogP contribution >= 0.6 is 0 Å². The first-order valence-corrected chi connectivity index (χ1v) is 11.9. The van der Waals surface area contributed by atoms with Gasteiger partial charge in [-0.3, -0.25) is 19.7 Å². The SMILES string of the molecule is CCc1[nH]c2ccc(-c3cncc(CN4CCC(O)CC4)c3)cc2c1C(=O)Nc1cnccc1F. The van der Waals surface area contributed by atoms with Gasteiger partial charge >= 0.3 is 0 Å². The van der Waals surface area contributed by atoms with Crippen molar-refractivity contribution in [2.24, 2.45) is 0 Å². The average Bonchev–Trinajstić information content (AvgIpc) is 3.25. The molecule has 1 saturated heterocycles. The van der Waals surface area contributed by atoms with Crippen molar-refractivity contribution in [2.45, 2.75) is 38.8 Å². The molecule has 4 aromatic rings. The number of likely N-dealkylation sites (tertiary alicyclic amines) is 1. The van der Waals surface area contributed by atoms with Crippen molar-refractivity contribution in [2.75, 3.05) is 18.4 Å². The van der Waals surface area contributed by atoms with Crippen LogP contribution in [-0.4, -0.2) is 50.1 Å². The van der Waals surface area contributed by atoms with Crippen LogP contribution in [0.4, 0.5) is 10.1 Å². The Kier molecular flexibility index (Phi) is 6.57. The van der Waals surface area contributed by atoms with Crippen molar-refractivity contribution in [3.63, 3.8) is 0 Å². The van der Waals surface area contributed by atoms with E-state index in [1.165, 1.54) is 18.5 Å². The number of pyridine rings is 2. The topological polar surface area (TPSA) is 94.1 Å². The number of nitrogens with zero attached hydrogens (tertiary/aromatic N) is 3. The van der Waals surface area contributed by atoms with Gasteiger partial charge in [0.2, 0.25) is 0 Å². The second-order valence-electron chi connectivity index (χ2n) is 8.99. The van der Waals surface area contributed by atoms with Crippen molar-refractivity contribution < 1.29 is 14.3 Å². The molecule has 1 amide bonds. The molecule has 180 valence electrons. The third kappa shape index (κ3) is 4.94. The lowest BCUT2D eigenvalue weighted by Crippen LogP contribution is -2.35. The molecule has 1 aromatic carbocycles. The number of anilines is 1. The molecule has 0 saturated carbocycles. The Morgan fingerprint density at radius 3 is 2.74 bits per heavy atom. The summed E-state index contributed by atoms with van der Waals surface area (Å²) in [4.78, 5) is 27.2. The Morgan fingerprint density at radius 1 is 1.14 bits per heavy atom. The van der Waals surface area contributed by atoms with Gasteiger partial charge in [-0.1, -0.05) is 13.0 Å². The van der Waals surface area contributed by atoms with Gasteiger partial charge in [0.15, 0.2) is 0 Å². The van der Waals surface area contributed by atoms with Crippen molar-refractivity contribution in [1.82, 2.24) is 19.9 Å². The van der Waals surface area contributed by atoms with E-state index in [1.54, 1.807) is 0 Å². The minimum atomic E-state index is -0.530. The molecule has 1 aliphatic heterocycles. The molecule has 0 radical (unpaired) electrons. The molecule has 0 bridgehead atoms. The third-order valence-corrected chi connectivity index (χ3v) is 6.56. The maximum absolute atomic E-state index is 14.1. The summed E-state index contributed by atoms with van der Waals surface area (Å²) in [5, 5.41) is 13.2. The van der Waals surface area contributed by atoms with Gasteiger partial charge in [-0.05, 0) is 54.7 Å². The van der Waals surface area contributed by atoms with Crippen LogP contribution in [0.5, 0.6) is 0 Å². The van der Waals surface area contributed by atoms with E-state index in [2.05, 4.69) is 31.2 Å². The fourth-order valence-electron chi connectivity index (χ4n) is 4.67. The molecule has 1 fully saturated rings. The van der Waals surface area contributed by atoms with Crippen LogP contribution in [0.1, 0.15) is 41.4 Å². The molecule has 1 aliphatic rings. The highest BCUT2D eigenvalue weighted by molar-refractivity contribution is 6.14. The Labute approximate surface area is 203 Å². The number of rotatable bonds is 6. The van der Waals surface area contributed by atoms with Crippen LogP contribution in [-0.2, 0) is 13.0 Å². The summed E-state index contributed by atoms with van der Waals surface area (Å²) < 4.78 is 14.1. The van der Waals surface area contributed by atoms with Crippen molar-refractivity contribution in [3.8, 4) is 11.1 Å². The largest absolute Gasteiger partial charge is 0.393 e. The second-order valence-corrected chi connectivity index (χ2v) is 8.99. The number of amides is 1. The summed E-state index contributed by atoms with van der Waals surface area (Å²) in [6.07, 6.45) is 8.37. The van der Waals surface area contributed by atoms with Crippen molar-refractivity contribution >= 4 is 22.5 Å². The average molecular weight is 474 g/mol. The predicted octanol–water partition coefficient (Wildman–Crippen LogP) is 4.54. The molecule has 5 rings (SSSR count). The highest BCUT2D eigenvalue weighted by atomic mass is 19.1. The number of fused-ring (bicyclic) bond motifs is 1. The van der Waals surface area contributed by atoms with Crippen LogP contribution in [0, 0.1) is 5.82 Å². The minimum absolute atomic E-state index is 0.0483. The summed E-state index contributed by atoms with van der Waals surface area (Å²) >= 11 is 0. The van der Waals surface area contributed by atoms with Crippen LogP contribution < -0.4 is 5.32 Å². The van der Waals surface area contributed by atoms with Crippen LogP contribution in [0.3, 0.4) is 0 Å². The third-order valence-electron chi connectivity index (χ3n) is 6.56. The molecule has 3 aromatic heterocycles. The lowest BCUT2D eigenvalue weighted by molar-refractivity contribution is 0.0792. The van der Waals surface area contributed by atoms with E-state index in [9.17, 15) is 14.3 Å². The Balaban J connectivity index is 1.45. The first-order valence-electron chi connectivity index (χ1n) is 11.9. The van der Waals surface area contributed by atoms with Crippen molar-refractivity contribution in [1.29, 1.82) is 0 Å². The highest BCUT2D eigenvalue weighted by Gasteiger charge is 2.20. The van der Waals surface area contributed by atoms with E-state index in [1.807, 2.05) is 37.5 Å². The first-order chi connectivity index (χ1) is 17.0. The molecule has 7 nitrogen and oxygen atoms in total. The van der Waals surface area contributed by atoms with Gasteiger partial charge in [-0.15, -0.1) is 0 Å². The standard InChI is InChI=1S/C27H28FN5O2/c1-2-23-26(27(35)32-25-15-29-8-5-22(25)28)21-12-18(3-4-24(21)31-23)19-11-17(13-30-14-19)16-33-9-6-20(34)7-10-33/h3-5,8,11-15,20,31,34H,2,6-7,9-10,16H2,1H3,(H,32,35). The molecule has 3 N–H and O–H groups in total. The Bertz CT molecular complexity index is 1360. The summed E-state index contributed by atoms with van der Waals surface area (Å²) in [5.74, 6) is -0.908. The number of hydrogen-bond donors (Lipinski definition) is 3. The molecule has 4 heterocycles. The number of aromatic amines is 1. The van der Waals surface area contributed by atoms with Gasteiger partial charge in [-0.2, -0.15) is 0 Å². The van der Waals surface area contributed by atoms with Crippen molar-refractivity contribution in [3.05, 3.63) is 77.8 Å². The van der Waals surface area contributed by atoms with Gasteiger partial charge in [-0.25, -0.2) is 4.39 Å². The van der Waals surface area contributed by atoms with E-state index in [-0.39, 0.29) is 17.7 Å². The van der Waals surface area contributed by atoms with Gasteiger partial charge in [0.1, 0.15) is 5.82 Å². The maximum Gasteiger partial charge on any atom is 0.258 e. The fourth-order valence-corrected chi connectivity index (χ4v) is 4.67. The minimum Gasteiger partial charge on any atom is -0.393 e. The number of aryl methyl sites for hydroxylation is 1. The van der Waals surface area contributed by atoms with Crippen LogP contribution in [0.2, 0.25) is 0 Å². The molecule has 0 unspecified atom stereocenters. The van der Waals surface area contributed by atoms with E-state index in [0.717, 1.165) is 65.8 Å². The molecular weight excluding hydrogens is 445 g/mol. The zero-order valence-corrected chi connectivity index (χ0v) is 19.6. The number of piperidine rings is 1.